The summed E-state index contributed by atoms with van der Waals surface area (Å²) < 4.78 is 52.5. The van der Waals surface area contributed by atoms with Crippen LogP contribution < -0.4 is 18.9 Å². The monoisotopic (exact) mass is 571 g/mol. The van der Waals surface area contributed by atoms with Crippen LogP contribution in [-0.4, -0.2) is 57.9 Å². The maximum Gasteiger partial charge on any atom is 0.265 e. The van der Waals surface area contributed by atoms with E-state index < -0.39 is 21.3 Å². The minimum atomic E-state index is -4.08. The number of rotatable bonds is 8. The molecule has 1 aromatic heterocycles. The van der Waals surface area contributed by atoms with Gasteiger partial charge >= 0.3 is 0 Å². The molecule has 2 saturated carbocycles. The van der Waals surface area contributed by atoms with Crippen molar-refractivity contribution in [2.45, 2.75) is 39.5 Å². The van der Waals surface area contributed by atoms with Crippen LogP contribution in [0.1, 0.15) is 44.4 Å². The van der Waals surface area contributed by atoms with E-state index in [9.17, 15) is 13.2 Å². The summed E-state index contributed by atoms with van der Waals surface area (Å²) >= 11 is 0. The second-order valence-electron chi connectivity index (χ2n) is 10.9. The first kappa shape index (κ1) is 29.6. The Labute approximate surface area is 235 Å². The number of aromatic nitrogens is 1. The highest BCUT2D eigenvalue weighted by atomic mass is 32.2. The van der Waals surface area contributed by atoms with Crippen molar-refractivity contribution in [2.75, 3.05) is 34.2 Å². The predicted octanol–water partition coefficient (Wildman–Crippen LogP) is 5.13. The fourth-order valence-corrected chi connectivity index (χ4v) is 7.60. The number of hydrogen-bond acceptors (Lipinski definition) is 8. The molecule has 3 aromatic rings. The largest absolute Gasteiger partial charge is 0.493 e. The summed E-state index contributed by atoms with van der Waals surface area (Å²) in [6.45, 7) is 3.89. The number of fused-ring (bicyclic) bond motifs is 3. The molecule has 216 valence electrons. The highest BCUT2D eigenvalue weighted by molar-refractivity contribution is 7.85. The summed E-state index contributed by atoms with van der Waals surface area (Å²) in [5, 5.41) is 2.10. The lowest BCUT2D eigenvalue weighted by Gasteiger charge is -2.35. The Bertz CT molecular complexity index is 1520. The Morgan fingerprint density at radius 1 is 0.925 bits per heavy atom. The molecule has 1 N–H and O–H groups in total. The van der Waals surface area contributed by atoms with Gasteiger partial charge in [0.25, 0.3) is 10.1 Å². The molecule has 2 aliphatic carbocycles. The van der Waals surface area contributed by atoms with Crippen molar-refractivity contribution in [1.29, 1.82) is 0 Å². The first-order valence-electron chi connectivity index (χ1n) is 13.1. The third-order valence-corrected chi connectivity index (χ3v) is 9.60. The van der Waals surface area contributed by atoms with Crippen LogP contribution in [0.4, 0.5) is 0 Å². The lowest BCUT2D eigenvalue weighted by atomic mass is 9.70. The predicted molar refractivity (Wildman–Crippen MR) is 152 cm³/mol. The Morgan fingerprint density at radius 2 is 1.55 bits per heavy atom. The van der Waals surface area contributed by atoms with Gasteiger partial charge in [-0.25, -0.2) is 0 Å². The van der Waals surface area contributed by atoms with Crippen molar-refractivity contribution in [3.63, 3.8) is 0 Å². The van der Waals surface area contributed by atoms with Crippen molar-refractivity contribution >= 4 is 26.7 Å². The molecule has 10 heteroatoms. The van der Waals surface area contributed by atoms with Gasteiger partial charge in [0.1, 0.15) is 5.78 Å². The van der Waals surface area contributed by atoms with E-state index in [0.717, 1.165) is 28.5 Å². The number of methoxy groups -OCH3 is 4. The van der Waals surface area contributed by atoms with Crippen LogP contribution >= 0.6 is 0 Å². The van der Waals surface area contributed by atoms with Crippen LogP contribution in [0.15, 0.2) is 42.6 Å². The number of nitrogens with zero attached hydrogens (tertiary/aromatic N) is 1. The maximum atomic E-state index is 11.9. The molecular formula is C30H37NO8S. The number of benzene rings is 2. The van der Waals surface area contributed by atoms with Gasteiger partial charge in [-0.3, -0.25) is 14.3 Å². The summed E-state index contributed by atoms with van der Waals surface area (Å²) in [5.41, 5.74) is 0.934. The van der Waals surface area contributed by atoms with E-state index in [1.54, 1.807) is 28.4 Å². The van der Waals surface area contributed by atoms with Gasteiger partial charge in [0.05, 0.1) is 45.3 Å². The molecule has 0 spiro atoms. The fraction of sp³-hybridized carbons (Fsp3) is 0.467. The van der Waals surface area contributed by atoms with Crippen LogP contribution in [0, 0.1) is 16.7 Å². The number of carbonyl (C=O) groups excluding carboxylic acids is 1. The molecule has 0 amide bonds. The second-order valence-corrected chi connectivity index (χ2v) is 12.4. The molecule has 1 heterocycles. The summed E-state index contributed by atoms with van der Waals surface area (Å²) in [6, 6.07) is 11.8. The minimum Gasteiger partial charge on any atom is -0.493 e. The van der Waals surface area contributed by atoms with Gasteiger partial charge < -0.3 is 18.9 Å². The average Bonchev–Trinajstić information content (AvgIpc) is 3.26. The molecule has 2 aromatic carbocycles. The molecule has 5 rings (SSSR count). The zero-order valence-electron chi connectivity index (χ0n) is 23.8. The number of carbonyl (C=O) groups is 1. The third-order valence-electron chi connectivity index (χ3n) is 8.74. The first-order valence-corrected chi connectivity index (χ1v) is 14.7. The van der Waals surface area contributed by atoms with Gasteiger partial charge in [-0.2, -0.15) is 8.42 Å². The summed E-state index contributed by atoms with van der Waals surface area (Å²) in [7, 11) is 2.45. The quantitative estimate of drug-likeness (QED) is 0.367. The Balaban J connectivity index is 0.000000210. The third kappa shape index (κ3) is 5.47. The molecule has 1 unspecified atom stereocenters. The smallest absolute Gasteiger partial charge is 0.265 e. The molecular weight excluding hydrogens is 534 g/mol. The van der Waals surface area contributed by atoms with E-state index in [1.807, 2.05) is 56.4 Å². The highest BCUT2D eigenvalue weighted by Gasteiger charge is 2.65. The maximum absolute atomic E-state index is 11.9. The van der Waals surface area contributed by atoms with Gasteiger partial charge in [0.15, 0.2) is 23.0 Å². The van der Waals surface area contributed by atoms with E-state index in [1.165, 1.54) is 0 Å². The molecule has 2 fully saturated rings. The van der Waals surface area contributed by atoms with Gasteiger partial charge in [0, 0.05) is 24.4 Å². The summed E-state index contributed by atoms with van der Waals surface area (Å²) in [4.78, 5) is 16.4. The molecule has 0 radical (unpaired) electrons. The summed E-state index contributed by atoms with van der Waals surface area (Å²) in [5.74, 6) is 2.72. The lowest BCUT2D eigenvalue weighted by Crippen LogP contribution is -2.42. The Kier molecular flexibility index (Phi) is 8.33. The van der Waals surface area contributed by atoms with Crippen LogP contribution in [0.2, 0.25) is 0 Å². The Morgan fingerprint density at radius 3 is 2.10 bits per heavy atom. The van der Waals surface area contributed by atoms with Crippen molar-refractivity contribution in [2.24, 2.45) is 16.7 Å². The van der Waals surface area contributed by atoms with Gasteiger partial charge in [-0.05, 0) is 65.5 Å². The molecule has 2 aliphatic rings. The van der Waals surface area contributed by atoms with Crippen molar-refractivity contribution in [3.05, 3.63) is 53.9 Å². The average molecular weight is 572 g/mol. The summed E-state index contributed by atoms with van der Waals surface area (Å²) in [6.07, 6.45) is 4.46. The molecule has 2 bridgehead atoms. The molecule has 2 atom stereocenters. The van der Waals surface area contributed by atoms with E-state index in [2.05, 4.69) is 4.98 Å². The molecule has 0 saturated heterocycles. The van der Waals surface area contributed by atoms with Crippen molar-refractivity contribution in [3.8, 4) is 23.0 Å². The minimum absolute atomic E-state index is 0.0152. The van der Waals surface area contributed by atoms with Crippen LogP contribution in [0.25, 0.3) is 10.8 Å². The van der Waals surface area contributed by atoms with Gasteiger partial charge in [0.2, 0.25) is 0 Å². The zero-order chi connectivity index (χ0) is 29.3. The van der Waals surface area contributed by atoms with Crippen molar-refractivity contribution < 1.29 is 36.7 Å². The normalized spacial score (nSPS) is 21.1. The highest BCUT2D eigenvalue weighted by Crippen LogP contribution is 2.64. The number of ketones is 1. The van der Waals surface area contributed by atoms with E-state index in [4.69, 9.17) is 23.5 Å². The topological polar surface area (TPSA) is 121 Å². The number of ether oxygens (including phenoxy) is 4. The lowest BCUT2D eigenvalue weighted by molar-refractivity contribution is -0.128. The zero-order valence-corrected chi connectivity index (χ0v) is 24.6. The number of pyridine rings is 1. The van der Waals surface area contributed by atoms with E-state index in [-0.39, 0.29) is 17.1 Å². The van der Waals surface area contributed by atoms with Gasteiger partial charge in [-0.1, -0.05) is 19.9 Å². The first-order chi connectivity index (χ1) is 18.9. The van der Waals surface area contributed by atoms with E-state index in [0.29, 0.717) is 42.3 Å². The molecule has 0 aliphatic heterocycles. The molecule has 40 heavy (non-hydrogen) atoms. The SMILES string of the molecule is CC1(C)C2CC[C@@]1(CS(=O)(=O)O)C(=O)C2.COc1ccc(Cc2nccc3cc(OC)c(OC)cc23)cc1OC. The standard InChI is InChI=1S/C20H21NO4.C10H16O4S/c1-22-17-6-5-13(10-18(17)23-2)9-16-15-12-20(25-4)19(24-3)11-14(15)7-8-21-16;1-9(2)7-3-4-10(9,8(11)5-7)6-15(12,13)14/h5-8,10-12H,9H2,1-4H3;7H,3-6H2,1-2H3,(H,12,13,14)/t;7?,10-/m.1/s1. The number of Topliss-reactive ketones (excluding diaryl/α,β-unsaturated/α-hetero) is 1. The van der Waals surface area contributed by atoms with Crippen LogP contribution in [0.3, 0.4) is 0 Å². The fourth-order valence-electron chi connectivity index (χ4n) is 6.30. The van der Waals surface area contributed by atoms with Gasteiger partial charge in [-0.15, -0.1) is 0 Å². The van der Waals surface area contributed by atoms with Crippen molar-refractivity contribution in [1.82, 2.24) is 4.98 Å². The van der Waals surface area contributed by atoms with E-state index >= 15 is 0 Å². The van der Waals surface area contributed by atoms with Crippen LogP contribution in [-0.2, 0) is 21.3 Å². The molecule has 9 nitrogen and oxygen atoms in total. The Hall–Kier alpha value is -3.37. The number of hydrogen-bond donors (Lipinski definition) is 1. The van der Waals surface area contributed by atoms with Crippen LogP contribution in [0.5, 0.6) is 23.0 Å². The second kappa shape index (κ2) is 11.2.